The molecule has 2 aromatic carbocycles. The van der Waals surface area contributed by atoms with Crippen LogP contribution in [-0.2, 0) is 22.6 Å². The molecule has 3 amide bonds. The first-order valence-electron chi connectivity index (χ1n) is 9.11. The van der Waals surface area contributed by atoms with Gasteiger partial charge in [-0.3, -0.25) is 19.3 Å². The van der Waals surface area contributed by atoms with Gasteiger partial charge in [0.05, 0.1) is 9.38 Å². The number of phenolic OH excluding ortho intramolecular Hbond substituents is 1. The van der Waals surface area contributed by atoms with Crippen molar-refractivity contribution in [3.05, 3.63) is 66.9 Å². The first kappa shape index (κ1) is 21.1. The molecule has 0 atom stereocenters. The highest BCUT2D eigenvalue weighted by atomic mass is 79.9. The van der Waals surface area contributed by atoms with Crippen LogP contribution in [-0.4, -0.2) is 45.0 Å². The van der Waals surface area contributed by atoms with Gasteiger partial charge >= 0.3 is 0 Å². The summed E-state index contributed by atoms with van der Waals surface area (Å²) in [6.07, 6.45) is 2.21. The molecule has 154 valence electrons. The minimum absolute atomic E-state index is 0.0342. The van der Waals surface area contributed by atoms with Gasteiger partial charge in [-0.2, -0.15) is 0 Å². The smallest absolute Gasteiger partial charge is 0.294 e. The third-order valence-electron chi connectivity index (χ3n) is 4.99. The van der Waals surface area contributed by atoms with Gasteiger partial charge in [0.25, 0.3) is 11.1 Å². The zero-order chi connectivity index (χ0) is 21.4. The lowest BCUT2D eigenvalue weighted by molar-refractivity contribution is -0.136. The number of hydrogen-bond acceptors (Lipinski definition) is 5. The van der Waals surface area contributed by atoms with Crippen molar-refractivity contribution in [3.8, 4) is 5.75 Å². The highest BCUT2D eigenvalue weighted by Crippen LogP contribution is 2.37. The number of thioether (sulfide) groups is 1. The van der Waals surface area contributed by atoms with E-state index in [0.717, 1.165) is 28.6 Å². The van der Waals surface area contributed by atoms with E-state index in [0.29, 0.717) is 27.6 Å². The van der Waals surface area contributed by atoms with E-state index in [-0.39, 0.29) is 23.1 Å². The number of aromatic hydroxyl groups is 1. The topological polar surface area (TPSA) is 77.9 Å². The number of benzene rings is 2. The van der Waals surface area contributed by atoms with Gasteiger partial charge in [-0.25, -0.2) is 0 Å². The van der Waals surface area contributed by atoms with Crippen molar-refractivity contribution in [1.82, 2.24) is 9.80 Å². The maximum absolute atomic E-state index is 12.8. The van der Waals surface area contributed by atoms with Gasteiger partial charge < -0.3 is 10.0 Å². The van der Waals surface area contributed by atoms with Crippen LogP contribution >= 0.6 is 43.6 Å². The van der Waals surface area contributed by atoms with E-state index in [9.17, 15) is 19.5 Å². The number of imide groups is 1. The van der Waals surface area contributed by atoms with Crippen LogP contribution in [0, 0.1) is 0 Å². The molecule has 1 N–H and O–H groups in total. The minimum atomic E-state index is -0.536. The summed E-state index contributed by atoms with van der Waals surface area (Å²) >= 11 is 7.34. The lowest BCUT2D eigenvalue weighted by Crippen LogP contribution is -2.44. The molecule has 30 heavy (non-hydrogen) atoms. The SMILES string of the molecule is O=C(CN1C(=O)S/C(=C\c2cc(Br)cc(Br)c2O)C1=O)N1CCc2ccccc2C1. The van der Waals surface area contributed by atoms with Gasteiger partial charge in [0.1, 0.15) is 12.3 Å². The van der Waals surface area contributed by atoms with E-state index in [2.05, 4.69) is 31.9 Å². The predicted octanol–water partition coefficient (Wildman–Crippen LogP) is 4.54. The fourth-order valence-corrected chi connectivity index (χ4v) is 5.50. The zero-order valence-corrected chi connectivity index (χ0v) is 19.6. The molecule has 0 aromatic heterocycles. The Morgan fingerprint density at radius 2 is 1.90 bits per heavy atom. The highest BCUT2D eigenvalue weighted by Gasteiger charge is 2.37. The van der Waals surface area contributed by atoms with Crippen molar-refractivity contribution >= 4 is 66.8 Å². The van der Waals surface area contributed by atoms with E-state index < -0.39 is 11.1 Å². The number of nitrogens with zero attached hydrogens (tertiary/aromatic N) is 2. The summed E-state index contributed by atoms with van der Waals surface area (Å²) in [6.45, 7) is 0.737. The average molecular weight is 552 g/mol. The van der Waals surface area contributed by atoms with Gasteiger partial charge in [-0.05, 0) is 63.4 Å². The van der Waals surface area contributed by atoms with Crippen LogP contribution in [0.2, 0.25) is 0 Å². The number of carbonyl (C=O) groups is 3. The van der Waals surface area contributed by atoms with Crippen LogP contribution in [0.25, 0.3) is 6.08 Å². The van der Waals surface area contributed by atoms with Crippen molar-refractivity contribution in [2.24, 2.45) is 0 Å². The molecule has 0 spiro atoms. The molecule has 2 aliphatic heterocycles. The standard InChI is InChI=1S/C21H16Br2N2O4S/c22-15-7-14(19(27)16(23)9-15)8-17-20(28)25(21(29)30-17)11-18(26)24-6-5-12-3-1-2-4-13(12)10-24/h1-4,7-9,27H,5-6,10-11H2/b17-8-. The number of amides is 3. The maximum atomic E-state index is 12.8. The van der Waals surface area contributed by atoms with Crippen LogP contribution in [0.15, 0.2) is 50.2 Å². The molecular weight excluding hydrogens is 536 g/mol. The predicted molar refractivity (Wildman–Crippen MR) is 122 cm³/mol. The molecule has 2 aromatic rings. The Bertz CT molecular complexity index is 1100. The van der Waals surface area contributed by atoms with Gasteiger partial charge in [-0.1, -0.05) is 40.2 Å². The zero-order valence-electron chi connectivity index (χ0n) is 15.6. The Morgan fingerprint density at radius 3 is 2.67 bits per heavy atom. The first-order valence-corrected chi connectivity index (χ1v) is 11.5. The van der Waals surface area contributed by atoms with Crippen LogP contribution in [0.5, 0.6) is 5.75 Å². The molecule has 2 heterocycles. The van der Waals surface area contributed by atoms with E-state index >= 15 is 0 Å². The molecule has 9 heteroatoms. The van der Waals surface area contributed by atoms with Gasteiger partial charge in [0, 0.05) is 23.1 Å². The summed E-state index contributed by atoms with van der Waals surface area (Å²) in [5, 5.41) is 9.71. The summed E-state index contributed by atoms with van der Waals surface area (Å²) < 4.78 is 1.17. The number of hydrogen-bond donors (Lipinski definition) is 1. The number of fused-ring (bicyclic) bond motifs is 1. The van der Waals surface area contributed by atoms with E-state index in [1.165, 1.54) is 11.6 Å². The van der Waals surface area contributed by atoms with Crippen LogP contribution in [0.1, 0.15) is 16.7 Å². The molecule has 1 saturated heterocycles. The molecule has 2 aliphatic rings. The van der Waals surface area contributed by atoms with Crippen molar-refractivity contribution in [3.63, 3.8) is 0 Å². The van der Waals surface area contributed by atoms with Crippen LogP contribution in [0.3, 0.4) is 0 Å². The quantitative estimate of drug-likeness (QED) is 0.567. The van der Waals surface area contributed by atoms with Gasteiger partial charge in [0.2, 0.25) is 5.91 Å². The van der Waals surface area contributed by atoms with Gasteiger partial charge in [-0.15, -0.1) is 0 Å². The third-order valence-corrected chi connectivity index (χ3v) is 6.96. The summed E-state index contributed by atoms with van der Waals surface area (Å²) in [4.78, 5) is 40.7. The normalized spacial score (nSPS) is 17.6. The summed E-state index contributed by atoms with van der Waals surface area (Å²) in [6, 6.07) is 11.3. The van der Waals surface area contributed by atoms with E-state index in [1.807, 2.05) is 24.3 Å². The Hall–Kier alpha value is -2.10. The maximum Gasteiger partial charge on any atom is 0.294 e. The average Bonchev–Trinajstić information content (AvgIpc) is 2.98. The molecule has 4 rings (SSSR count). The van der Waals surface area contributed by atoms with Crippen molar-refractivity contribution in [1.29, 1.82) is 0 Å². The van der Waals surface area contributed by atoms with Crippen molar-refractivity contribution in [2.45, 2.75) is 13.0 Å². The highest BCUT2D eigenvalue weighted by molar-refractivity contribution is 9.11. The molecule has 0 unspecified atom stereocenters. The fourth-order valence-electron chi connectivity index (χ4n) is 3.42. The summed E-state index contributed by atoms with van der Waals surface area (Å²) in [7, 11) is 0. The monoisotopic (exact) mass is 550 g/mol. The molecule has 0 radical (unpaired) electrons. The van der Waals surface area contributed by atoms with Crippen molar-refractivity contribution in [2.75, 3.05) is 13.1 Å². The molecular formula is C21H16Br2N2O4S. The second kappa shape index (κ2) is 8.56. The number of carbonyl (C=O) groups excluding carboxylic acids is 3. The second-order valence-electron chi connectivity index (χ2n) is 6.93. The Kier molecular flexibility index (Phi) is 6.04. The van der Waals surface area contributed by atoms with Crippen molar-refractivity contribution < 1.29 is 19.5 Å². The molecule has 0 aliphatic carbocycles. The second-order valence-corrected chi connectivity index (χ2v) is 9.69. The van der Waals surface area contributed by atoms with E-state index in [4.69, 9.17) is 0 Å². The Balaban J connectivity index is 1.49. The summed E-state index contributed by atoms with van der Waals surface area (Å²) in [5.41, 5.74) is 2.69. The molecule has 6 nitrogen and oxygen atoms in total. The summed E-state index contributed by atoms with van der Waals surface area (Å²) in [5.74, 6) is -0.833. The Morgan fingerprint density at radius 1 is 1.17 bits per heavy atom. The lowest BCUT2D eigenvalue weighted by atomic mass is 10.00. The minimum Gasteiger partial charge on any atom is -0.506 e. The fraction of sp³-hybridized carbons (Fsp3) is 0.190. The van der Waals surface area contributed by atoms with E-state index in [1.54, 1.807) is 17.0 Å². The van der Waals surface area contributed by atoms with Crippen LogP contribution < -0.4 is 0 Å². The van der Waals surface area contributed by atoms with Gasteiger partial charge in [0.15, 0.2) is 0 Å². The van der Waals surface area contributed by atoms with Crippen LogP contribution in [0.4, 0.5) is 4.79 Å². The number of halogens is 2. The third kappa shape index (κ3) is 4.19. The number of phenols is 1. The molecule has 0 saturated carbocycles. The lowest BCUT2D eigenvalue weighted by Gasteiger charge is -2.29. The number of rotatable bonds is 3. The Labute approximate surface area is 194 Å². The first-order chi connectivity index (χ1) is 14.3. The largest absolute Gasteiger partial charge is 0.506 e. The molecule has 1 fully saturated rings. The molecule has 0 bridgehead atoms.